The first-order chi connectivity index (χ1) is 21.9. The number of hydrogen-bond acceptors (Lipinski definition) is 2. The van der Waals surface area contributed by atoms with Gasteiger partial charge in [0.2, 0.25) is 0 Å². The van der Waals surface area contributed by atoms with Crippen LogP contribution in [0.15, 0.2) is 144 Å². The number of nitrogens with zero attached hydrogens (tertiary/aromatic N) is 2. The van der Waals surface area contributed by atoms with Gasteiger partial charge in [0.05, 0.1) is 11.4 Å². The number of rotatable bonds is 1. The summed E-state index contributed by atoms with van der Waals surface area (Å²) in [5, 5.41) is 7.36. The van der Waals surface area contributed by atoms with Crippen LogP contribution in [0.25, 0.3) is 65.6 Å². The molecule has 7 aromatic carbocycles. The number of hydrogen-bond donors (Lipinski definition) is 0. The fourth-order valence-corrected chi connectivity index (χ4v) is 8.23. The average Bonchev–Trinajstić information content (AvgIpc) is 3.63. The molecule has 9 aromatic rings. The fraction of sp³-hybridized carbons (Fsp3) is 0. The third kappa shape index (κ3) is 2.66. The second kappa shape index (κ2) is 8.00. The summed E-state index contributed by atoms with van der Waals surface area (Å²) < 4.78 is 9.49. The average molecular weight is 558 g/mol. The predicted molar refractivity (Wildman–Crippen MR) is 185 cm³/mol. The maximum atomic E-state index is 6.88. The summed E-state index contributed by atoms with van der Waals surface area (Å²) in [6.45, 7) is -0.0190. The van der Waals surface area contributed by atoms with E-state index >= 15 is 0 Å². The van der Waals surface area contributed by atoms with Gasteiger partial charge in [-0.2, -0.15) is 0 Å². The van der Waals surface area contributed by atoms with Crippen LogP contribution in [0.4, 0.5) is 17.1 Å². The topological polar surface area (TPSA) is 21.3 Å². The minimum Gasteiger partial charge on any atom is -0.454 e. The summed E-state index contributed by atoms with van der Waals surface area (Å²) in [6, 6.07) is 50.8. The number of anilines is 3. The first-order valence-electron chi connectivity index (χ1n) is 15.2. The highest BCUT2D eigenvalue weighted by molar-refractivity contribution is 6.90. The van der Waals surface area contributed by atoms with Crippen molar-refractivity contribution in [3.05, 3.63) is 140 Å². The zero-order valence-electron chi connectivity index (χ0n) is 23.7. The molecule has 3 nitrogen and oxygen atoms in total. The molecule has 2 aliphatic rings. The van der Waals surface area contributed by atoms with Crippen molar-refractivity contribution < 1.29 is 4.42 Å². The van der Waals surface area contributed by atoms with Crippen LogP contribution >= 0.6 is 0 Å². The zero-order chi connectivity index (χ0) is 28.5. The number of furan rings is 1. The van der Waals surface area contributed by atoms with Crippen LogP contribution in [-0.2, 0) is 0 Å². The van der Waals surface area contributed by atoms with Crippen molar-refractivity contribution in [1.82, 2.24) is 4.48 Å². The largest absolute Gasteiger partial charge is 0.454 e. The molecule has 0 unspecified atom stereocenters. The van der Waals surface area contributed by atoms with E-state index in [1.807, 2.05) is 0 Å². The van der Waals surface area contributed by atoms with E-state index < -0.39 is 0 Å². The molecule has 4 heterocycles. The lowest BCUT2D eigenvalue weighted by molar-refractivity contribution is 0.669. The third-order valence-corrected chi connectivity index (χ3v) is 9.92. The van der Waals surface area contributed by atoms with Crippen molar-refractivity contribution in [2.75, 3.05) is 4.90 Å². The molecule has 0 atom stereocenters. The highest BCUT2D eigenvalue weighted by Gasteiger charge is 2.44. The Morgan fingerprint density at radius 1 is 0.523 bits per heavy atom. The Morgan fingerprint density at radius 2 is 1.27 bits per heavy atom. The molecule has 0 N–H and O–H groups in total. The van der Waals surface area contributed by atoms with Crippen molar-refractivity contribution in [1.29, 1.82) is 0 Å². The van der Waals surface area contributed by atoms with Crippen LogP contribution in [0, 0.1) is 0 Å². The summed E-state index contributed by atoms with van der Waals surface area (Å²) in [5.41, 5.74) is 13.0. The van der Waals surface area contributed by atoms with Gasteiger partial charge >= 0.3 is 6.85 Å². The quantitative estimate of drug-likeness (QED) is 0.187. The second-order valence-corrected chi connectivity index (χ2v) is 12.0. The molecule has 11 rings (SSSR count). The maximum absolute atomic E-state index is 6.88. The predicted octanol–water partition coefficient (Wildman–Crippen LogP) is 9.26. The Hall–Kier alpha value is -5.74. The van der Waals surface area contributed by atoms with Crippen molar-refractivity contribution >= 4 is 89.4 Å². The van der Waals surface area contributed by atoms with Gasteiger partial charge in [-0.15, -0.1) is 0 Å². The number of benzene rings is 7. The van der Waals surface area contributed by atoms with E-state index in [9.17, 15) is 0 Å². The van der Waals surface area contributed by atoms with Crippen molar-refractivity contribution in [2.45, 2.75) is 0 Å². The summed E-state index contributed by atoms with van der Waals surface area (Å²) in [4.78, 5) is 2.48. The van der Waals surface area contributed by atoms with E-state index in [0.717, 1.165) is 33.3 Å². The molecular weight excluding hydrogens is 535 g/mol. The number of aromatic nitrogens is 1. The van der Waals surface area contributed by atoms with Gasteiger partial charge in [-0.25, -0.2) is 0 Å². The van der Waals surface area contributed by atoms with Crippen molar-refractivity contribution in [3.63, 3.8) is 0 Å². The first kappa shape index (κ1) is 22.8. The molecule has 0 amide bonds. The molecule has 0 saturated heterocycles. The molecule has 202 valence electrons. The Kier molecular flexibility index (Phi) is 4.15. The third-order valence-electron chi connectivity index (χ3n) is 9.92. The molecule has 0 spiro atoms. The van der Waals surface area contributed by atoms with E-state index in [1.165, 1.54) is 60.3 Å². The smallest absolute Gasteiger partial charge is 0.333 e. The Bertz CT molecular complexity index is 2680. The van der Waals surface area contributed by atoms with E-state index in [-0.39, 0.29) is 6.85 Å². The van der Waals surface area contributed by atoms with Gasteiger partial charge in [0.1, 0.15) is 5.58 Å². The normalized spacial score (nSPS) is 13.4. The fourth-order valence-electron chi connectivity index (χ4n) is 8.23. The Morgan fingerprint density at radius 3 is 2.18 bits per heavy atom. The van der Waals surface area contributed by atoms with Gasteiger partial charge in [-0.3, -0.25) is 0 Å². The molecule has 0 aliphatic carbocycles. The lowest BCUT2D eigenvalue weighted by Gasteiger charge is -2.41. The molecule has 2 aromatic heterocycles. The summed E-state index contributed by atoms with van der Waals surface area (Å²) >= 11 is 0. The van der Waals surface area contributed by atoms with E-state index in [2.05, 4.69) is 149 Å². The zero-order valence-corrected chi connectivity index (χ0v) is 23.7. The second-order valence-electron chi connectivity index (χ2n) is 12.0. The molecule has 0 fully saturated rings. The van der Waals surface area contributed by atoms with Gasteiger partial charge in [-0.1, -0.05) is 109 Å². The molecular formula is C40H23BN2O. The molecule has 4 heteroatoms. The van der Waals surface area contributed by atoms with E-state index in [1.54, 1.807) is 0 Å². The minimum absolute atomic E-state index is 0.0190. The van der Waals surface area contributed by atoms with Crippen molar-refractivity contribution in [3.8, 4) is 11.1 Å². The van der Waals surface area contributed by atoms with Gasteiger partial charge in [-0.05, 0) is 52.2 Å². The van der Waals surface area contributed by atoms with Gasteiger partial charge in [0.25, 0.3) is 0 Å². The molecule has 0 radical (unpaired) electrons. The maximum Gasteiger partial charge on any atom is 0.333 e. The molecule has 44 heavy (non-hydrogen) atoms. The molecule has 0 saturated carbocycles. The van der Waals surface area contributed by atoms with Crippen molar-refractivity contribution in [2.24, 2.45) is 0 Å². The summed E-state index contributed by atoms with van der Waals surface area (Å²) in [7, 11) is 0. The van der Waals surface area contributed by atoms with E-state index in [4.69, 9.17) is 4.42 Å². The van der Waals surface area contributed by atoms with Crippen LogP contribution < -0.4 is 15.8 Å². The highest BCUT2D eigenvalue weighted by Crippen LogP contribution is 2.50. The van der Waals surface area contributed by atoms with Crippen LogP contribution in [0.2, 0.25) is 0 Å². The Balaban J connectivity index is 1.44. The minimum atomic E-state index is -0.0190. The number of para-hydroxylation sites is 4. The first-order valence-corrected chi connectivity index (χ1v) is 15.2. The van der Waals surface area contributed by atoms with Crippen LogP contribution in [0.5, 0.6) is 0 Å². The molecule has 2 aliphatic heterocycles. The highest BCUT2D eigenvalue weighted by atomic mass is 16.3. The lowest BCUT2D eigenvalue weighted by atomic mass is 9.44. The monoisotopic (exact) mass is 558 g/mol. The van der Waals surface area contributed by atoms with Crippen LogP contribution in [-0.4, -0.2) is 11.3 Å². The SMILES string of the molecule is c1ccc(N2c3c(ccc4ccccc34)B3c4c(cc5c(oc6ccccc65)c42)-c2cccc4c5ccccc5n3c24)cc1. The van der Waals surface area contributed by atoms with Gasteiger partial charge in [0, 0.05) is 49.2 Å². The summed E-state index contributed by atoms with van der Waals surface area (Å²) in [6.07, 6.45) is 0. The van der Waals surface area contributed by atoms with Crippen LogP contribution in [0.3, 0.4) is 0 Å². The molecule has 0 bridgehead atoms. The standard InChI is InChI=1S/C40H23BN2O/c1-2-12-25(13-3-1)42-38-26-14-5-4-11-24(26)21-22-33(38)41-36-31(23-32-28-16-7-9-20-35(28)44-40(32)39(36)42)30-18-10-17-29-27-15-6-8-19-34(27)43(41)37(29)30/h1-23H. The summed E-state index contributed by atoms with van der Waals surface area (Å²) in [5.74, 6) is 0. The van der Waals surface area contributed by atoms with Gasteiger partial charge < -0.3 is 13.8 Å². The van der Waals surface area contributed by atoms with E-state index in [0.29, 0.717) is 0 Å². The number of fused-ring (bicyclic) bond motifs is 13. The van der Waals surface area contributed by atoms with Gasteiger partial charge in [0.15, 0.2) is 5.58 Å². The Labute approximate surface area is 253 Å². The van der Waals surface area contributed by atoms with Crippen LogP contribution in [0.1, 0.15) is 0 Å². The lowest BCUT2D eigenvalue weighted by Crippen LogP contribution is -2.56.